The van der Waals surface area contributed by atoms with Crippen molar-refractivity contribution in [1.29, 1.82) is 0 Å². The lowest BCUT2D eigenvalue weighted by molar-refractivity contribution is -0.145. The molecule has 0 spiro atoms. The van der Waals surface area contributed by atoms with Crippen molar-refractivity contribution in [3.05, 3.63) is 34.4 Å². The summed E-state index contributed by atoms with van der Waals surface area (Å²) in [5.41, 5.74) is 1.96. The van der Waals surface area contributed by atoms with E-state index in [2.05, 4.69) is 15.9 Å². The van der Waals surface area contributed by atoms with E-state index in [1.807, 2.05) is 35.8 Å². The molecule has 0 bridgehead atoms. The van der Waals surface area contributed by atoms with Gasteiger partial charge in [-0.25, -0.2) is 0 Å². The van der Waals surface area contributed by atoms with Crippen molar-refractivity contribution in [2.75, 3.05) is 6.61 Å². The first kappa shape index (κ1) is 14.8. The largest absolute Gasteiger partial charge is 0.466 e. The van der Waals surface area contributed by atoms with E-state index in [4.69, 9.17) is 4.74 Å². The number of aromatic nitrogens is 1. The molecule has 0 saturated carbocycles. The highest BCUT2D eigenvalue weighted by Crippen LogP contribution is 2.30. The Bertz CT molecular complexity index is 660. The molecule has 0 radical (unpaired) electrons. The molecule has 4 nitrogen and oxygen atoms in total. The molecule has 1 aromatic heterocycles. The van der Waals surface area contributed by atoms with Gasteiger partial charge in [-0.05, 0) is 35.8 Å². The number of fused-ring (bicyclic) bond motifs is 1. The van der Waals surface area contributed by atoms with Crippen molar-refractivity contribution < 1.29 is 14.3 Å². The van der Waals surface area contributed by atoms with Gasteiger partial charge in [0, 0.05) is 21.1 Å². The van der Waals surface area contributed by atoms with E-state index in [0.29, 0.717) is 6.61 Å². The van der Waals surface area contributed by atoms with Crippen LogP contribution in [0.1, 0.15) is 19.0 Å². The Morgan fingerprint density at radius 1 is 1.30 bits per heavy atom. The van der Waals surface area contributed by atoms with Gasteiger partial charge in [0.25, 0.3) is 0 Å². The zero-order chi connectivity index (χ0) is 14.7. The summed E-state index contributed by atoms with van der Waals surface area (Å²) < 4.78 is 7.70. The zero-order valence-corrected chi connectivity index (χ0v) is 13.1. The fraction of sp³-hybridized carbons (Fsp3) is 0.333. The van der Waals surface area contributed by atoms with E-state index in [9.17, 15) is 9.59 Å². The Kier molecular flexibility index (Phi) is 4.60. The average Bonchev–Trinajstić information content (AvgIpc) is 2.65. The Morgan fingerprint density at radius 3 is 2.70 bits per heavy atom. The lowest BCUT2D eigenvalue weighted by Crippen LogP contribution is -2.17. The van der Waals surface area contributed by atoms with Crippen molar-refractivity contribution in [1.82, 2.24) is 4.57 Å². The first-order valence-electron chi connectivity index (χ1n) is 6.45. The molecule has 5 heteroatoms. The number of halogens is 1. The number of carbonyl (C=O) groups is 2. The first-order chi connectivity index (χ1) is 9.54. The molecule has 1 aromatic carbocycles. The first-order valence-corrected chi connectivity index (χ1v) is 7.24. The van der Waals surface area contributed by atoms with Crippen LogP contribution >= 0.6 is 15.9 Å². The summed E-state index contributed by atoms with van der Waals surface area (Å²) in [4.78, 5) is 23.3. The maximum absolute atomic E-state index is 12.0. The standard InChI is InChI=1S/C15H16BrNO3/c1-3-20-14(19)8-11(18)9-17-10(2)15(16)12-6-4-5-7-13(12)17/h4-7H,3,8-9H2,1-2H3. The summed E-state index contributed by atoms with van der Waals surface area (Å²) in [6, 6.07) is 7.85. The van der Waals surface area contributed by atoms with E-state index in [0.717, 1.165) is 21.1 Å². The molecule has 2 aromatic rings. The van der Waals surface area contributed by atoms with Crippen LogP contribution in [0.4, 0.5) is 0 Å². The second-order valence-electron chi connectivity index (χ2n) is 4.52. The van der Waals surface area contributed by atoms with Crippen molar-refractivity contribution in [2.45, 2.75) is 26.8 Å². The number of para-hydroxylation sites is 1. The fourth-order valence-corrected chi connectivity index (χ4v) is 2.75. The minimum Gasteiger partial charge on any atom is -0.466 e. The highest BCUT2D eigenvalue weighted by atomic mass is 79.9. The molecule has 0 aliphatic rings. The van der Waals surface area contributed by atoms with Gasteiger partial charge in [0.2, 0.25) is 0 Å². The van der Waals surface area contributed by atoms with Gasteiger partial charge < -0.3 is 9.30 Å². The number of benzene rings is 1. The lowest BCUT2D eigenvalue weighted by atomic mass is 10.2. The maximum Gasteiger partial charge on any atom is 0.313 e. The number of nitrogens with zero attached hydrogens (tertiary/aromatic N) is 1. The molecule has 0 aliphatic heterocycles. The van der Waals surface area contributed by atoms with Crippen molar-refractivity contribution in [2.24, 2.45) is 0 Å². The lowest BCUT2D eigenvalue weighted by Gasteiger charge is -2.07. The molecule has 0 fully saturated rings. The quantitative estimate of drug-likeness (QED) is 0.621. The monoisotopic (exact) mass is 337 g/mol. The molecule has 0 amide bonds. The maximum atomic E-state index is 12.0. The van der Waals surface area contributed by atoms with Crippen molar-refractivity contribution in [3.8, 4) is 0 Å². The van der Waals surface area contributed by atoms with Gasteiger partial charge in [-0.2, -0.15) is 0 Å². The number of Topliss-reactive ketones (excluding diaryl/α,β-unsaturated/α-hetero) is 1. The predicted octanol–water partition coefficient (Wildman–Crippen LogP) is 3.23. The Hall–Kier alpha value is -1.62. The molecule has 1 heterocycles. The number of rotatable bonds is 5. The third-order valence-corrected chi connectivity index (χ3v) is 4.14. The fourth-order valence-electron chi connectivity index (χ4n) is 2.20. The number of hydrogen-bond acceptors (Lipinski definition) is 3. The molecule has 0 aliphatic carbocycles. The van der Waals surface area contributed by atoms with Crippen LogP contribution < -0.4 is 0 Å². The van der Waals surface area contributed by atoms with E-state index < -0.39 is 5.97 Å². The van der Waals surface area contributed by atoms with Gasteiger partial charge in [-0.1, -0.05) is 18.2 Å². The molecule has 20 heavy (non-hydrogen) atoms. The second kappa shape index (κ2) is 6.22. The van der Waals surface area contributed by atoms with Crippen molar-refractivity contribution in [3.63, 3.8) is 0 Å². The van der Waals surface area contributed by atoms with Crippen LogP contribution in [0.2, 0.25) is 0 Å². The van der Waals surface area contributed by atoms with E-state index in [1.54, 1.807) is 6.92 Å². The van der Waals surface area contributed by atoms with Gasteiger partial charge in [-0.15, -0.1) is 0 Å². The molecule has 0 N–H and O–H groups in total. The molecular formula is C15H16BrNO3. The highest BCUT2D eigenvalue weighted by molar-refractivity contribution is 9.10. The highest BCUT2D eigenvalue weighted by Gasteiger charge is 2.16. The summed E-state index contributed by atoms with van der Waals surface area (Å²) in [6.07, 6.45) is -0.183. The van der Waals surface area contributed by atoms with Gasteiger partial charge in [0.15, 0.2) is 5.78 Å². The van der Waals surface area contributed by atoms with Crippen LogP contribution in [-0.4, -0.2) is 22.9 Å². The van der Waals surface area contributed by atoms with Crippen LogP contribution in [0.3, 0.4) is 0 Å². The minimum atomic E-state index is -0.467. The van der Waals surface area contributed by atoms with Crippen LogP contribution in [0.5, 0.6) is 0 Å². The normalized spacial score (nSPS) is 10.8. The summed E-state index contributed by atoms with van der Waals surface area (Å²) >= 11 is 3.54. The number of ketones is 1. The van der Waals surface area contributed by atoms with Gasteiger partial charge in [0.1, 0.15) is 6.42 Å². The summed E-state index contributed by atoms with van der Waals surface area (Å²) in [5, 5.41) is 1.06. The molecule has 2 rings (SSSR count). The van der Waals surface area contributed by atoms with Crippen LogP contribution in [-0.2, 0) is 20.9 Å². The average molecular weight is 338 g/mol. The summed E-state index contributed by atoms with van der Waals surface area (Å²) in [6.45, 7) is 4.14. The van der Waals surface area contributed by atoms with Crippen LogP contribution in [0, 0.1) is 6.92 Å². The molecular weight excluding hydrogens is 322 g/mol. The Labute approximate surface area is 125 Å². The number of hydrogen-bond donors (Lipinski definition) is 0. The number of esters is 1. The predicted molar refractivity (Wildman–Crippen MR) is 80.6 cm³/mol. The SMILES string of the molecule is CCOC(=O)CC(=O)Cn1c(C)c(Br)c2ccccc21. The molecule has 0 saturated heterocycles. The zero-order valence-electron chi connectivity index (χ0n) is 11.5. The van der Waals surface area contributed by atoms with E-state index >= 15 is 0 Å². The third kappa shape index (κ3) is 2.93. The molecule has 0 unspecified atom stereocenters. The summed E-state index contributed by atoms with van der Waals surface area (Å²) in [5.74, 6) is -0.620. The summed E-state index contributed by atoms with van der Waals surface area (Å²) in [7, 11) is 0. The van der Waals surface area contributed by atoms with E-state index in [1.165, 1.54) is 0 Å². The smallest absolute Gasteiger partial charge is 0.313 e. The molecule has 106 valence electrons. The Morgan fingerprint density at radius 2 is 2.00 bits per heavy atom. The van der Waals surface area contributed by atoms with Crippen LogP contribution in [0.25, 0.3) is 10.9 Å². The minimum absolute atomic E-state index is 0.153. The molecule has 0 atom stereocenters. The number of ether oxygens (including phenoxy) is 1. The van der Waals surface area contributed by atoms with Gasteiger partial charge in [0.05, 0.1) is 13.2 Å². The van der Waals surface area contributed by atoms with Gasteiger partial charge >= 0.3 is 5.97 Å². The van der Waals surface area contributed by atoms with Crippen molar-refractivity contribution >= 4 is 38.6 Å². The third-order valence-electron chi connectivity index (χ3n) is 3.14. The van der Waals surface area contributed by atoms with E-state index in [-0.39, 0.29) is 18.7 Å². The Balaban J connectivity index is 2.24. The van der Waals surface area contributed by atoms with Gasteiger partial charge in [-0.3, -0.25) is 9.59 Å². The van der Waals surface area contributed by atoms with Crippen LogP contribution in [0.15, 0.2) is 28.7 Å². The number of carbonyl (C=O) groups excluding carboxylic acids is 2. The topological polar surface area (TPSA) is 48.3 Å². The second-order valence-corrected chi connectivity index (χ2v) is 5.32.